The molecule has 1 unspecified atom stereocenters. The summed E-state index contributed by atoms with van der Waals surface area (Å²) in [5, 5.41) is 4.29. The molecule has 0 bridgehead atoms. The van der Waals surface area contributed by atoms with Gasteiger partial charge in [-0.3, -0.25) is 9.78 Å². The SMILES string of the molecule is CCCCC(=O)N1CC(c2noc(-c3cccnc3)n2)C2(CCOCC2)C1. The van der Waals surface area contributed by atoms with Crippen molar-refractivity contribution in [2.45, 2.75) is 44.9 Å². The van der Waals surface area contributed by atoms with Gasteiger partial charge in [0, 0.05) is 56.5 Å². The van der Waals surface area contributed by atoms with Crippen molar-refractivity contribution in [3.8, 4) is 11.5 Å². The van der Waals surface area contributed by atoms with Gasteiger partial charge in [0.15, 0.2) is 5.82 Å². The Morgan fingerprint density at radius 3 is 2.96 bits per heavy atom. The van der Waals surface area contributed by atoms with Crippen LogP contribution in [0.25, 0.3) is 11.5 Å². The quantitative estimate of drug-likeness (QED) is 0.805. The lowest BCUT2D eigenvalue weighted by Gasteiger charge is -2.36. The normalized spacial score (nSPS) is 21.7. The Kier molecular flexibility index (Phi) is 5.20. The standard InChI is InChI=1S/C20H26N4O3/c1-2-3-6-17(25)24-13-16(20(14-24)7-10-26-11-8-20)18-22-19(27-23-18)15-5-4-9-21-12-15/h4-5,9,12,16H,2-3,6-8,10-11,13-14H2,1H3. The fraction of sp³-hybridized carbons (Fsp3) is 0.600. The van der Waals surface area contributed by atoms with Gasteiger partial charge in [-0.1, -0.05) is 18.5 Å². The topological polar surface area (TPSA) is 81.4 Å². The molecule has 1 spiro atoms. The van der Waals surface area contributed by atoms with E-state index in [1.807, 2.05) is 17.0 Å². The molecule has 2 aromatic heterocycles. The number of hydrogen-bond donors (Lipinski definition) is 0. The second kappa shape index (κ2) is 7.76. The number of aromatic nitrogens is 3. The molecule has 27 heavy (non-hydrogen) atoms. The van der Waals surface area contributed by atoms with Crippen molar-refractivity contribution in [1.82, 2.24) is 20.0 Å². The number of hydrogen-bond acceptors (Lipinski definition) is 6. The Labute approximate surface area is 159 Å². The number of rotatable bonds is 5. The van der Waals surface area contributed by atoms with Gasteiger partial charge in [0.1, 0.15) is 0 Å². The van der Waals surface area contributed by atoms with Crippen LogP contribution in [0.4, 0.5) is 0 Å². The van der Waals surface area contributed by atoms with Crippen LogP contribution in [0.15, 0.2) is 29.0 Å². The van der Waals surface area contributed by atoms with E-state index in [4.69, 9.17) is 9.26 Å². The van der Waals surface area contributed by atoms with E-state index in [2.05, 4.69) is 22.0 Å². The number of likely N-dealkylation sites (tertiary alicyclic amines) is 1. The van der Waals surface area contributed by atoms with E-state index in [-0.39, 0.29) is 17.2 Å². The maximum absolute atomic E-state index is 12.7. The Bertz CT molecular complexity index is 771. The van der Waals surface area contributed by atoms with Gasteiger partial charge < -0.3 is 14.2 Å². The smallest absolute Gasteiger partial charge is 0.259 e. The van der Waals surface area contributed by atoms with Gasteiger partial charge in [-0.15, -0.1) is 0 Å². The van der Waals surface area contributed by atoms with Crippen molar-refractivity contribution in [3.63, 3.8) is 0 Å². The van der Waals surface area contributed by atoms with Crippen LogP contribution in [0.5, 0.6) is 0 Å². The van der Waals surface area contributed by atoms with E-state index >= 15 is 0 Å². The molecular formula is C20H26N4O3. The number of ether oxygens (including phenoxy) is 1. The lowest BCUT2D eigenvalue weighted by atomic mass is 9.72. The van der Waals surface area contributed by atoms with Crippen molar-refractivity contribution in [1.29, 1.82) is 0 Å². The minimum Gasteiger partial charge on any atom is -0.381 e. The highest BCUT2D eigenvalue weighted by atomic mass is 16.5. The Balaban J connectivity index is 1.59. The van der Waals surface area contributed by atoms with E-state index in [1.54, 1.807) is 12.4 Å². The Morgan fingerprint density at radius 1 is 1.37 bits per heavy atom. The lowest BCUT2D eigenvalue weighted by Crippen LogP contribution is -2.37. The van der Waals surface area contributed by atoms with Crippen LogP contribution in [-0.4, -0.2) is 52.2 Å². The summed E-state index contributed by atoms with van der Waals surface area (Å²) in [4.78, 5) is 23.5. The summed E-state index contributed by atoms with van der Waals surface area (Å²) in [5.41, 5.74) is 0.794. The highest BCUT2D eigenvalue weighted by Gasteiger charge is 2.51. The molecule has 7 nitrogen and oxygen atoms in total. The van der Waals surface area contributed by atoms with E-state index in [1.165, 1.54) is 0 Å². The average molecular weight is 370 g/mol. The number of amides is 1. The van der Waals surface area contributed by atoms with E-state index < -0.39 is 0 Å². The third-order valence-electron chi connectivity index (χ3n) is 5.90. The molecule has 0 aliphatic carbocycles. The molecule has 7 heteroatoms. The molecule has 2 aliphatic heterocycles. The monoisotopic (exact) mass is 370 g/mol. The molecule has 2 aromatic rings. The number of nitrogens with zero attached hydrogens (tertiary/aromatic N) is 4. The zero-order valence-corrected chi connectivity index (χ0v) is 15.8. The molecule has 0 saturated carbocycles. The molecule has 2 aliphatic rings. The molecular weight excluding hydrogens is 344 g/mol. The number of pyridine rings is 1. The van der Waals surface area contributed by atoms with Gasteiger partial charge in [0.2, 0.25) is 5.91 Å². The first-order valence-corrected chi connectivity index (χ1v) is 9.81. The summed E-state index contributed by atoms with van der Waals surface area (Å²) in [6.07, 6.45) is 7.86. The van der Waals surface area contributed by atoms with Crippen molar-refractivity contribution in [2.75, 3.05) is 26.3 Å². The molecule has 0 aromatic carbocycles. The summed E-state index contributed by atoms with van der Waals surface area (Å²) in [5.74, 6) is 1.50. The number of carbonyl (C=O) groups excluding carboxylic acids is 1. The fourth-order valence-corrected chi connectivity index (χ4v) is 4.27. The van der Waals surface area contributed by atoms with Crippen LogP contribution in [-0.2, 0) is 9.53 Å². The molecule has 1 atom stereocenters. The molecule has 0 N–H and O–H groups in total. The van der Waals surface area contributed by atoms with Gasteiger partial charge in [-0.2, -0.15) is 4.98 Å². The minimum absolute atomic E-state index is 0.0177. The summed E-state index contributed by atoms with van der Waals surface area (Å²) < 4.78 is 11.1. The first-order valence-electron chi connectivity index (χ1n) is 9.81. The third-order valence-corrected chi connectivity index (χ3v) is 5.90. The van der Waals surface area contributed by atoms with Crippen molar-refractivity contribution < 1.29 is 14.1 Å². The number of unbranched alkanes of at least 4 members (excludes halogenated alkanes) is 1. The molecule has 2 saturated heterocycles. The van der Waals surface area contributed by atoms with Crippen LogP contribution in [0.3, 0.4) is 0 Å². The predicted molar refractivity (Wildman–Crippen MR) is 98.9 cm³/mol. The van der Waals surface area contributed by atoms with E-state index in [0.29, 0.717) is 24.7 Å². The fourth-order valence-electron chi connectivity index (χ4n) is 4.27. The van der Waals surface area contributed by atoms with Gasteiger partial charge in [-0.25, -0.2) is 0 Å². The van der Waals surface area contributed by atoms with E-state index in [0.717, 1.165) is 51.0 Å². The first kappa shape index (κ1) is 18.1. The zero-order chi connectivity index (χ0) is 18.7. The number of carbonyl (C=O) groups is 1. The predicted octanol–water partition coefficient (Wildman–Crippen LogP) is 3.04. The largest absolute Gasteiger partial charge is 0.381 e. The van der Waals surface area contributed by atoms with Crippen LogP contribution < -0.4 is 0 Å². The zero-order valence-electron chi connectivity index (χ0n) is 15.8. The molecule has 4 rings (SSSR count). The highest BCUT2D eigenvalue weighted by molar-refractivity contribution is 5.76. The van der Waals surface area contributed by atoms with Crippen LogP contribution >= 0.6 is 0 Å². The summed E-state index contributed by atoms with van der Waals surface area (Å²) in [6, 6.07) is 3.76. The van der Waals surface area contributed by atoms with E-state index in [9.17, 15) is 4.79 Å². The van der Waals surface area contributed by atoms with Crippen molar-refractivity contribution in [3.05, 3.63) is 30.4 Å². The maximum Gasteiger partial charge on any atom is 0.259 e. The minimum atomic E-state index is -0.0177. The average Bonchev–Trinajstić information content (AvgIpc) is 3.33. The summed E-state index contributed by atoms with van der Waals surface area (Å²) >= 11 is 0. The maximum atomic E-state index is 12.7. The molecule has 4 heterocycles. The Hall–Kier alpha value is -2.28. The second-order valence-electron chi connectivity index (χ2n) is 7.60. The van der Waals surface area contributed by atoms with Gasteiger partial charge in [0.05, 0.1) is 5.56 Å². The lowest BCUT2D eigenvalue weighted by molar-refractivity contribution is -0.131. The van der Waals surface area contributed by atoms with Crippen molar-refractivity contribution >= 4 is 5.91 Å². The summed E-state index contributed by atoms with van der Waals surface area (Å²) in [6.45, 7) is 4.98. The summed E-state index contributed by atoms with van der Waals surface area (Å²) in [7, 11) is 0. The molecule has 2 fully saturated rings. The molecule has 0 radical (unpaired) electrons. The van der Waals surface area contributed by atoms with Crippen LogP contribution in [0.2, 0.25) is 0 Å². The van der Waals surface area contributed by atoms with Gasteiger partial charge in [-0.05, 0) is 31.4 Å². The van der Waals surface area contributed by atoms with Crippen LogP contribution in [0, 0.1) is 5.41 Å². The van der Waals surface area contributed by atoms with Crippen molar-refractivity contribution in [2.24, 2.45) is 5.41 Å². The van der Waals surface area contributed by atoms with Crippen LogP contribution in [0.1, 0.15) is 50.8 Å². The molecule has 1 amide bonds. The van der Waals surface area contributed by atoms with Gasteiger partial charge in [0.25, 0.3) is 5.89 Å². The third kappa shape index (κ3) is 3.60. The first-order chi connectivity index (χ1) is 13.2. The van der Waals surface area contributed by atoms with Gasteiger partial charge >= 0.3 is 0 Å². The Morgan fingerprint density at radius 2 is 2.22 bits per heavy atom. The second-order valence-corrected chi connectivity index (χ2v) is 7.60. The highest BCUT2D eigenvalue weighted by Crippen LogP contribution is 2.49. The molecule has 144 valence electrons.